The van der Waals surface area contributed by atoms with Gasteiger partial charge < -0.3 is 9.30 Å². The molecule has 0 atom stereocenters. The molecule has 2 aromatic carbocycles. The summed E-state index contributed by atoms with van der Waals surface area (Å²) in [4.78, 5) is 0. The summed E-state index contributed by atoms with van der Waals surface area (Å²) in [6.07, 6.45) is 0. The minimum Gasteiger partial charge on any atom is -0.497 e. The topological polar surface area (TPSA) is 31.5 Å². The minimum atomic E-state index is 0.853. The van der Waals surface area contributed by atoms with E-state index in [1.807, 2.05) is 30.3 Å². The molecule has 4 nitrogen and oxygen atoms in total. The molecule has 0 spiro atoms. The predicted octanol–water partition coefficient (Wildman–Crippen LogP) is 5.74. The van der Waals surface area contributed by atoms with E-state index in [9.17, 15) is 0 Å². The molecule has 0 radical (unpaired) electrons. The van der Waals surface area contributed by atoms with Gasteiger partial charge in [0, 0.05) is 35.2 Å². The summed E-state index contributed by atoms with van der Waals surface area (Å²) >= 11 is 1.70. The van der Waals surface area contributed by atoms with E-state index in [1.165, 1.54) is 5.56 Å². The fourth-order valence-corrected chi connectivity index (χ4v) is 4.28. The van der Waals surface area contributed by atoms with E-state index in [0.29, 0.717) is 0 Å². The van der Waals surface area contributed by atoms with Crippen molar-refractivity contribution in [2.45, 2.75) is 0 Å². The van der Waals surface area contributed by atoms with Crippen molar-refractivity contribution in [3.8, 4) is 39.5 Å². The molecule has 3 aromatic heterocycles. The monoisotopic (exact) mass is 385 g/mol. The lowest BCUT2D eigenvalue weighted by atomic mass is 10.1. The number of rotatable bonds is 4. The van der Waals surface area contributed by atoms with Crippen LogP contribution in [-0.2, 0) is 7.05 Å². The standard InChI is InChI=1S/C23H19N3OS/c1-25-21-14-20(16-6-4-3-5-7-16)24-26(21)23(18-12-13-28-15-18)22(25)17-8-10-19(27-2)11-9-17/h3-15H,1-2H3. The summed E-state index contributed by atoms with van der Waals surface area (Å²) in [7, 11) is 3.79. The Morgan fingerprint density at radius 2 is 1.64 bits per heavy atom. The molecule has 138 valence electrons. The van der Waals surface area contributed by atoms with Crippen LogP contribution in [-0.4, -0.2) is 21.3 Å². The Morgan fingerprint density at radius 1 is 0.857 bits per heavy atom. The van der Waals surface area contributed by atoms with E-state index < -0.39 is 0 Å². The van der Waals surface area contributed by atoms with Crippen LogP contribution < -0.4 is 4.74 Å². The number of hydrogen-bond donors (Lipinski definition) is 0. The molecule has 28 heavy (non-hydrogen) atoms. The summed E-state index contributed by atoms with van der Waals surface area (Å²) in [5.41, 5.74) is 7.71. The Morgan fingerprint density at radius 3 is 2.32 bits per heavy atom. The number of benzene rings is 2. The number of ether oxygens (including phenoxy) is 1. The van der Waals surface area contributed by atoms with Gasteiger partial charge in [-0.25, -0.2) is 4.52 Å². The average Bonchev–Trinajstić information content (AvgIpc) is 3.47. The smallest absolute Gasteiger partial charge is 0.137 e. The molecule has 0 saturated heterocycles. The van der Waals surface area contributed by atoms with E-state index in [0.717, 1.165) is 39.6 Å². The Balaban J connectivity index is 1.77. The molecule has 0 aliphatic heterocycles. The van der Waals surface area contributed by atoms with Gasteiger partial charge in [-0.05, 0) is 35.7 Å². The number of methoxy groups -OCH3 is 1. The van der Waals surface area contributed by atoms with Crippen molar-refractivity contribution in [3.63, 3.8) is 0 Å². The van der Waals surface area contributed by atoms with Crippen LogP contribution in [0.5, 0.6) is 5.75 Å². The number of nitrogens with zero attached hydrogens (tertiary/aromatic N) is 3. The first-order valence-electron chi connectivity index (χ1n) is 9.07. The highest BCUT2D eigenvalue weighted by Gasteiger charge is 2.21. The van der Waals surface area contributed by atoms with Crippen molar-refractivity contribution in [2.24, 2.45) is 7.05 Å². The van der Waals surface area contributed by atoms with Gasteiger partial charge >= 0.3 is 0 Å². The van der Waals surface area contributed by atoms with Gasteiger partial charge in [-0.2, -0.15) is 16.4 Å². The van der Waals surface area contributed by atoms with Crippen molar-refractivity contribution in [2.75, 3.05) is 7.11 Å². The van der Waals surface area contributed by atoms with E-state index in [1.54, 1.807) is 18.4 Å². The fourth-order valence-electron chi connectivity index (χ4n) is 3.64. The molecule has 0 aliphatic carbocycles. The highest BCUT2D eigenvalue weighted by atomic mass is 32.1. The Bertz CT molecular complexity index is 1230. The first-order chi connectivity index (χ1) is 13.8. The summed E-state index contributed by atoms with van der Waals surface area (Å²) in [5, 5.41) is 9.23. The number of aryl methyl sites for hydroxylation is 1. The molecule has 0 unspecified atom stereocenters. The highest BCUT2D eigenvalue weighted by Crippen LogP contribution is 2.37. The van der Waals surface area contributed by atoms with Crippen LogP contribution in [0, 0.1) is 0 Å². The van der Waals surface area contributed by atoms with Crippen molar-refractivity contribution in [3.05, 3.63) is 77.5 Å². The molecule has 5 heteroatoms. The lowest BCUT2D eigenvalue weighted by molar-refractivity contribution is 0.415. The van der Waals surface area contributed by atoms with Crippen molar-refractivity contribution in [1.82, 2.24) is 14.2 Å². The van der Waals surface area contributed by atoms with Crippen LogP contribution in [0.1, 0.15) is 0 Å². The van der Waals surface area contributed by atoms with E-state index in [2.05, 4.69) is 63.3 Å². The molecule has 0 fully saturated rings. The maximum atomic E-state index is 5.32. The summed E-state index contributed by atoms with van der Waals surface area (Å²) in [5.74, 6) is 0.853. The fraction of sp³-hybridized carbons (Fsp3) is 0.0870. The summed E-state index contributed by atoms with van der Waals surface area (Å²) < 4.78 is 9.60. The molecular weight excluding hydrogens is 366 g/mol. The molecule has 3 heterocycles. The van der Waals surface area contributed by atoms with Gasteiger partial charge in [-0.15, -0.1) is 0 Å². The van der Waals surface area contributed by atoms with E-state index in [-0.39, 0.29) is 0 Å². The second kappa shape index (κ2) is 6.69. The Labute approximate surface area is 167 Å². The van der Waals surface area contributed by atoms with Gasteiger partial charge in [0.15, 0.2) is 0 Å². The van der Waals surface area contributed by atoms with Gasteiger partial charge in [0.2, 0.25) is 0 Å². The van der Waals surface area contributed by atoms with Gasteiger partial charge in [-0.3, -0.25) is 0 Å². The van der Waals surface area contributed by atoms with Crippen LogP contribution in [0.2, 0.25) is 0 Å². The van der Waals surface area contributed by atoms with Crippen LogP contribution in [0.3, 0.4) is 0 Å². The third-order valence-electron chi connectivity index (χ3n) is 5.03. The molecule has 0 amide bonds. The van der Waals surface area contributed by atoms with E-state index in [4.69, 9.17) is 9.84 Å². The van der Waals surface area contributed by atoms with Crippen molar-refractivity contribution >= 4 is 17.0 Å². The molecule has 5 rings (SSSR count). The zero-order chi connectivity index (χ0) is 19.1. The predicted molar refractivity (Wildman–Crippen MR) is 115 cm³/mol. The molecule has 0 aliphatic rings. The molecule has 0 saturated carbocycles. The summed E-state index contributed by atoms with van der Waals surface area (Å²) in [6.45, 7) is 0. The average molecular weight is 385 g/mol. The third-order valence-corrected chi connectivity index (χ3v) is 5.72. The molecule has 5 aromatic rings. The van der Waals surface area contributed by atoms with Crippen LogP contribution >= 0.6 is 11.3 Å². The lowest BCUT2D eigenvalue weighted by Crippen LogP contribution is -1.93. The first-order valence-corrected chi connectivity index (χ1v) is 10.0. The van der Waals surface area contributed by atoms with Crippen LogP contribution in [0.15, 0.2) is 77.5 Å². The van der Waals surface area contributed by atoms with E-state index >= 15 is 0 Å². The van der Waals surface area contributed by atoms with Crippen LogP contribution in [0.4, 0.5) is 0 Å². The van der Waals surface area contributed by atoms with Crippen molar-refractivity contribution < 1.29 is 4.74 Å². The molecular formula is C23H19N3OS. The molecule has 0 N–H and O–H groups in total. The Hall–Kier alpha value is -3.31. The third kappa shape index (κ3) is 2.63. The highest BCUT2D eigenvalue weighted by molar-refractivity contribution is 7.08. The summed E-state index contributed by atoms with van der Waals surface area (Å²) in [6, 6.07) is 22.8. The Kier molecular flexibility index (Phi) is 4.02. The SMILES string of the molecule is COc1ccc(-c2c(-c3ccsc3)n3nc(-c4ccccc4)cc3n2C)cc1. The number of hydrogen-bond acceptors (Lipinski definition) is 3. The second-order valence-corrected chi connectivity index (χ2v) is 7.44. The maximum Gasteiger partial charge on any atom is 0.137 e. The molecule has 0 bridgehead atoms. The van der Waals surface area contributed by atoms with Gasteiger partial charge in [-0.1, -0.05) is 30.3 Å². The van der Waals surface area contributed by atoms with Gasteiger partial charge in [0.25, 0.3) is 0 Å². The van der Waals surface area contributed by atoms with Gasteiger partial charge in [0.1, 0.15) is 11.4 Å². The largest absolute Gasteiger partial charge is 0.497 e. The van der Waals surface area contributed by atoms with Crippen LogP contribution in [0.25, 0.3) is 39.4 Å². The number of imidazole rings is 1. The second-order valence-electron chi connectivity index (χ2n) is 6.66. The number of fused-ring (bicyclic) bond motifs is 1. The number of aromatic nitrogens is 3. The van der Waals surface area contributed by atoms with Crippen molar-refractivity contribution in [1.29, 1.82) is 0 Å². The number of thiophene rings is 1. The zero-order valence-electron chi connectivity index (χ0n) is 15.7. The lowest BCUT2D eigenvalue weighted by Gasteiger charge is -2.08. The minimum absolute atomic E-state index is 0.853. The normalized spacial score (nSPS) is 11.2. The first kappa shape index (κ1) is 16.8. The quantitative estimate of drug-likeness (QED) is 0.395. The zero-order valence-corrected chi connectivity index (χ0v) is 16.5. The van der Waals surface area contributed by atoms with Gasteiger partial charge in [0.05, 0.1) is 24.2 Å². The maximum absolute atomic E-state index is 5.32.